The molecule has 2 aliphatic rings. The quantitative estimate of drug-likeness (QED) is 0.857. The van der Waals surface area contributed by atoms with E-state index >= 15 is 0 Å². The summed E-state index contributed by atoms with van der Waals surface area (Å²) in [4.78, 5) is 11.9. The van der Waals surface area contributed by atoms with Crippen LogP contribution in [0.5, 0.6) is 5.75 Å². The second-order valence-electron chi connectivity index (χ2n) is 6.66. The van der Waals surface area contributed by atoms with E-state index in [0.29, 0.717) is 23.8 Å². The third-order valence-corrected chi connectivity index (χ3v) is 5.77. The van der Waals surface area contributed by atoms with Gasteiger partial charge in [-0.05, 0) is 48.8 Å². The van der Waals surface area contributed by atoms with Crippen LogP contribution in [0, 0.1) is 0 Å². The number of carboxylic acid groups (broad SMARTS) is 1. The van der Waals surface area contributed by atoms with E-state index in [2.05, 4.69) is 6.07 Å². The molecule has 0 amide bonds. The lowest BCUT2D eigenvalue weighted by Gasteiger charge is -2.27. The summed E-state index contributed by atoms with van der Waals surface area (Å²) < 4.78 is 5.52. The number of rotatable bonds is 4. The summed E-state index contributed by atoms with van der Waals surface area (Å²) >= 11 is 6.44. The lowest BCUT2D eigenvalue weighted by molar-refractivity contribution is -0.143. The van der Waals surface area contributed by atoms with Crippen molar-refractivity contribution in [2.24, 2.45) is 0 Å². The number of benzene rings is 1. The van der Waals surface area contributed by atoms with Crippen LogP contribution in [-0.4, -0.2) is 18.2 Å². The molecule has 3 rings (SSSR count). The zero-order valence-electron chi connectivity index (χ0n) is 13.0. The Morgan fingerprint density at radius 2 is 1.86 bits per heavy atom. The van der Waals surface area contributed by atoms with Crippen LogP contribution >= 0.6 is 11.6 Å². The summed E-state index contributed by atoms with van der Waals surface area (Å²) in [5.41, 5.74) is 1.21. The maximum Gasteiger partial charge on any atom is 0.314 e. The molecule has 2 fully saturated rings. The van der Waals surface area contributed by atoms with Gasteiger partial charge in [0, 0.05) is 0 Å². The Labute approximate surface area is 136 Å². The monoisotopic (exact) mass is 322 g/mol. The van der Waals surface area contributed by atoms with Gasteiger partial charge >= 0.3 is 5.97 Å². The first kappa shape index (κ1) is 15.7. The molecule has 1 aromatic rings. The van der Waals surface area contributed by atoms with Crippen LogP contribution in [0.4, 0.5) is 0 Å². The fourth-order valence-electron chi connectivity index (χ4n) is 4.25. The van der Waals surface area contributed by atoms with Crippen LogP contribution in [-0.2, 0) is 10.2 Å². The molecule has 0 radical (unpaired) electrons. The van der Waals surface area contributed by atoms with Crippen molar-refractivity contribution in [1.82, 2.24) is 0 Å². The van der Waals surface area contributed by atoms with Gasteiger partial charge in [-0.15, -0.1) is 0 Å². The van der Waals surface area contributed by atoms with Crippen LogP contribution in [0.1, 0.15) is 68.4 Å². The van der Waals surface area contributed by atoms with Crippen molar-refractivity contribution in [3.05, 3.63) is 28.3 Å². The third-order valence-electron chi connectivity index (χ3n) is 5.49. The molecule has 0 aliphatic heterocycles. The summed E-state index contributed by atoms with van der Waals surface area (Å²) in [6, 6.07) is 3.89. The second kappa shape index (κ2) is 6.11. The highest BCUT2D eigenvalue weighted by molar-refractivity contribution is 6.32. The normalized spacial score (nSPS) is 21.2. The van der Waals surface area contributed by atoms with Crippen LogP contribution in [0.3, 0.4) is 0 Å². The molecule has 0 spiro atoms. The number of carboxylic acids is 1. The minimum absolute atomic E-state index is 0.444. The summed E-state index contributed by atoms with van der Waals surface area (Å²) in [6.07, 6.45) is 8.06. The molecular formula is C18H23ClO3. The van der Waals surface area contributed by atoms with E-state index in [0.717, 1.165) is 42.6 Å². The second-order valence-corrected chi connectivity index (χ2v) is 7.06. The van der Waals surface area contributed by atoms with E-state index in [4.69, 9.17) is 16.3 Å². The molecule has 1 N–H and O–H groups in total. The van der Waals surface area contributed by atoms with Gasteiger partial charge in [0.25, 0.3) is 0 Å². The highest BCUT2D eigenvalue weighted by atomic mass is 35.5. The van der Waals surface area contributed by atoms with Gasteiger partial charge in [0.2, 0.25) is 0 Å². The third kappa shape index (κ3) is 2.50. The van der Waals surface area contributed by atoms with E-state index in [1.165, 1.54) is 12.8 Å². The Morgan fingerprint density at radius 3 is 2.41 bits per heavy atom. The average Bonchev–Trinajstić information content (AvgIpc) is 3.18. The summed E-state index contributed by atoms with van der Waals surface area (Å²) in [5, 5.41) is 10.4. The Balaban J connectivity index is 2.10. The molecule has 2 saturated carbocycles. The molecule has 0 bridgehead atoms. The molecule has 1 aromatic carbocycles. The molecule has 4 heteroatoms. The highest BCUT2D eigenvalue weighted by Crippen LogP contribution is 2.47. The summed E-state index contributed by atoms with van der Waals surface area (Å²) in [6.45, 7) is 0. The average molecular weight is 323 g/mol. The van der Waals surface area contributed by atoms with Crippen molar-refractivity contribution in [3.8, 4) is 5.75 Å². The fourth-order valence-corrected chi connectivity index (χ4v) is 4.55. The van der Waals surface area contributed by atoms with E-state index in [1.54, 1.807) is 7.11 Å². The van der Waals surface area contributed by atoms with E-state index in [-0.39, 0.29) is 0 Å². The van der Waals surface area contributed by atoms with Crippen LogP contribution in [0.25, 0.3) is 0 Å². The van der Waals surface area contributed by atoms with Gasteiger partial charge in [-0.25, -0.2) is 0 Å². The van der Waals surface area contributed by atoms with Crippen LogP contribution in [0.15, 0.2) is 12.1 Å². The molecule has 0 aromatic heterocycles. The minimum Gasteiger partial charge on any atom is -0.495 e. The Morgan fingerprint density at radius 1 is 1.23 bits per heavy atom. The Kier molecular flexibility index (Phi) is 4.35. The molecule has 22 heavy (non-hydrogen) atoms. The summed E-state index contributed by atoms with van der Waals surface area (Å²) in [7, 11) is 1.64. The Bertz CT molecular complexity index is 570. The van der Waals surface area contributed by atoms with Gasteiger partial charge in [0.1, 0.15) is 5.75 Å². The van der Waals surface area contributed by atoms with E-state index < -0.39 is 11.4 Å². The van der Waals surface area contributed by atoms with Gasteiger partial charge in [-0.1, -0.05) is 43.4 Å². The number of halogens is 1. The number of methoxy groups -OCH3 is 1. The molecular weight excluding hydrogens is 300 g/mol. The molecule has 0 heterocycles. The van der Waals surface area contributed by atoms with E-state index in [1.807, 2.05) is 6.07 Å². The first-order chi connectivity index (χ1) is 10.6. The first-order valence-corrected chi connectivity index (χ1v) is 8.57. The predicted octanol–water partition coefficient (Wildman–Crippen LogP) is 4.90. The highest BCUT2D eigenvalue weighted by Gasteiger charge is 2.43. The maximum absolute atomic E-state index is 11.9. The van der Waals surface area contributed by atoms with E-state index in [9.17, 15) is 9.90 Å². The summed E-state index contributed by atoms with van der Waals surface area (Å²) in [5.74, 6) is 0.458. The lowest BCUT2D eigenvalue weighted by Crippen LogP contribution is -2.32. The largest absolute Gasteiger partial charge is 0.495 e. The number of aliphatic carboxylic acids is 1. The minimum atomic E-state index is -0.761. The number of ether oxygens (including phenoxy) is 1. The van der Waals surface area contributed by atoms with Gasteiger partial charge < -0.3 is 9.84 Å². The number of hydrogen-bond acceptors (Lipinski definition) is 2. The topological polar surface area (TPSA) is 46.5 Å². The van der Waals surface area contributed by atoms with Crippen LogP contribution < -0.4 is 4.74 Å². The van der Waals surface area contributed by atoms with Crippen LogP contribution in [0.2, 0.25) is 5.02 Å². The molecule has 0 saturated heterocycles. The zero-order chi connectivity index (χ0) is 15.7. The van der Waals surface area contributed by atoms with Crippen molar-refractivity contribution < 1.29 is 14.6 Å². The molecule has 3 nitrogen and oxygen atoms in total. The maximum atomic E-state index is 11.9. The molecule has 0 atom stereocenters. The smallest absolute Gasteiger partial charge is 0.314 e. The van der Waals surface area contributed by atoms with Crippen molar-refractivity contribution in [1.29, 1.82) is 0 Å². The van der Waals surface area contributed by atoms with Crippen molar-refractivity contribution in [2.75, 3.05) is 7.11 Å². The Hall–Kier alpha value is -1.22. The van der Waals surface area contributed by atoms with Crippen molar-refractivity contribution in [2.45, 2.75) is 62.7 Å². The fraction of sp³-hybridized carbons (Fsp3) is 0.611. The van der Waals surface area contributed by atoms with Crippen molar-refractivity contribution >= 4 is 17.6 Å². The number of carbonyl (C=O) groups is 1. The SMILES string of the molecule is COc1c(Cl)cc(C2(C(=O)O)CCCC2)cc1C1CCCC1. The van der Waals surface area contributed by atoms with Crippen molar-refractivity contribution in [3.63, 3.8) is 0 Å². The van der Waals surface area contributed by atoms with Gasteiger partial charge in [0.05, 0.1) is 17.5 Å². The number of hydrogen-bond donors (Lipinski definition) is 1. The first-order valence-electron chi connectivity index (χ1n) is 8.20. The zero-order valence-corrected chi connectivity index (χ0v) is 13.8. The van der Waals surface area contributed by atoms with Gasteiger partial charge in [0.15, 0.2) is 0 Å². The lowest BCUT2D eigenvalue weighted by atomic mass is 9.77. The molecule has 2 aliphatic carbocycles. The van der Waals surface area contributed by atoms with Gasteiger partial charge in [-0.2, -0.15) is 0 Å². The molecule has 120 valence electrons. The predicted molar refractivity (Wildman–Crippen MR) is 87.0 cm³/mol. The standard InChI is InChI=1S/C18H23ClO3/c1-22-16-14(12-6-2-3-7-12)10-13(11-15(16)19)18(17(20)21)8-4-5-9-18/h10-12H,2-9H2,1H3,(H,20,21). The molecule has 0 unspecified atom stereocenters. The van der Waals surface area contributed by atoms with Gasteiger partial charge in [-0.3, -0.25) is 4.79 Å².